The fourth-order valence-electron chi connectivity index (χ4n) is 2.05. The third-order valence-corrected chi connectivity index (χ3v) is 3.14. The van der Waals surface area contributed by atoms with E-state index < -0.39 is 4.92 Å². The largest absolute Gasteiger partial charge is 0.399 e. The first-order valence-electron chi connectivity index (χ1n) is 6.31. The molecule has 0 aromatic heterocycles. The summed E-state index contributed by atoms with van der Waals surface area (Å²) in [6.45, 7) is 3.44. The van der Waals surface area contributed by atoms with Gasteiger partial charge in [0.15, 0.2) is 0 Å². The van der Waals surface area contributed by atoms with E-state index >= 15 is 0 Å². The number of hydrogen-bond donors (Lipinski definition) is 2. The first-order chi connectivity index (χ1) is 9.88. The second-order valence-corrected chi connectivity index (χ2v) is 4.79. The number of carbonyl (C=O) groups excluding carboxylic acids is 1. The summed E-state index contributed by atoms with van der Waals surface area (Å²) in [6, 6.07) is 9.58. The average Bonchev–Trinajstić information content (AvgIpc) is 2.41. The van der Waals surface area contributed by atoms with Crippen molar-refractivity contribution in [3.05, 3.63) is 63.2 Å². The highest BCUT2D eigenvalue weighted by Crippen LogP contribution is 2.26. The topological polar surface area (TPSA) is 98.3 Å². The number of anilines is 2. The number of nitro benzene ring substituents is 1. The predicted octanol–water partition coefficient (Wildman–Crippen LogP) is 3.05. The van der Waals surface area contributed by atoms with Crippen LogP contribution in [0.3, 0.4) is 0 Å². The molecule has 0 aliphatic rings. The maximum absolute atomic E-state index is 12.1. The average molecular weight is 285 g/mol. The molecule has 0 aliphatic heterocycles. The molecule has 0 atom stereocenters. The Labute approximate surface area is 121 Å². The number of amides is 1. The first kappa shape index (κ1) is 14.5. The highest BCUT2D eigenvalue weighted by atomic mass is 16.6. The van der Waals surface area contributed by atoms with Gasteiger partial charge in [-0.15, -0.1) is 0 Å². The van der Waals surface area contributed by atoms with E-state index in [2.05, 4.69) is 5.32 Å². The molecule has 0 unspecified atom stereocenters. The summed E-state index contributed by atoms with van der Waals surface area (Å²) >= 11 is 0. The van der Waals surface area contributed by atoms with Crippen molar-refractivity contribution < 1.29 is 9.72 Å². The molecule has 6 heteroatoms. The van der Waals surface area contributed by atoms with E-state index in [1.165, 1.54) is 6.07 Å². The molecule has 6 nitrogen and oxygen atoms in total. The van der Waals surface area contributed by atoms with Gasteiger partial charge in [0.2, 0.25) is 0 Å². The molecule has 2 rings (SSSR count). The molecule has 0 saturated carbocycles. The Morgan fingerprint density at radius 2 is 1.90 bits per heavy atom. The fraction of sp³-hybridized carbons (Fsp3) is 0.133. The van der Waals surface area contributed by atoms with Gasteiger partial charge >= 0.3 is 0 Å². The second-order valence-electron chi connectivity index (χ2n) is 4.79. The van der Waals surface area contributed by atoms with Crippen molar-refractivity contribution in [2.75, 3.05) is 11.1 Å². The van der Waals surface area contributed by atoms with E-state index in [-0.39, 0.29) is 11.6 Å². The molecule has 0 saturated heterocycles. The quantitative estimate of drug-likeness (QED) is 0.514. The van der Waals surface area contributed by atoms with Gasteiger partial charge in [-0.2, -0.15) is 0 Å². The van der Waals surface area contributed by atoms with Crippen molar-refractivity contribution >= 4 is 23.0 Å². The van der Waals surface area contributed by atoms with Crippen molar-refractivity contribution in [2.45, 2.75) is 13.8 Å². The number of nitrogens with two attached hydrogens (primary N) is 1. The molecule has 0 radical (unpaired) electrons. The van der Waals surface area contributed by atoms with Crippen LogP contribution in [0, 0.1) is 24.0 Å². The number of benzene rings is 2. The van der Waals surface area contributed by atoms with Gasteiger partial charge in [-0.05, 0) is 43.7 Å². The molecule has 3 N–H and O–H groups in total. The summed E-state index contributed by atoms with van der Waals surface area (Å²) in [6.07, 6.45) is 0. The normalized spacial score (nSPS) is 10.2. The van der Waals surface area contributed by atoms with Gasteiger partial charge in [-0.25, -0.2) is 0 Å². The zero-order valence-corrected chi connectivity index (χ0v) is 11.7. The zero-order chi connectivity index (χ0) is 15.6. The number of nitrogen functional groups attached to an aromatic ring is 1. The number of nitrogens with one attached hydrogen (secondary N) is 1. The van der Waals surface area contributed by atoms with E-state index in [0.717, 1.165) is 5.56 Å². The van der Waals surface area contributed by atoms with Crippen LogP contribution in [0.2, 0.25) is 0 Å². The van der Waals surface area contributed by atoms with Crippen LogP contribution in [0.1, 0.15) is 21.5 Å². The van der Waals surface area contributed by atoms with E-state index in [1.807, 2.05) is 0 Å². The second kappa shape index (κ2) is 5.62. The molecule has 0 heterocycles. The molecular formula is C15H15N3O3. The van der Waals surface area contributed by atoms with E-state index in [9.17, 15) is 14.9 Å². The maximum atomic E-state index is 12.1. The summed E-state index contributed by atoms with van der Waals surface area (Å²) in [4.78, 5) is 22.6. The summed E-state index contributed by atoms with van der Waals surface area (Å²) in [7, 11) is 0. The number of carbonyl (C=O) groups is 1. The first-order valence-corrected chi connectivity index (χ1v) is 6.31. The van der Waals surface area contributed by atoms with Crippen LogP contribution >= 0.6 is 0 Å². The zero-order valence-electron chi connectivity index (χ0n) is 11.7. The van der Waals surface area contributed by atoms with Crippen molar-refractivity contribution in [3.8, 4) is 0 Å². The Bertz CT molecular complexity index is 726. The molecular weight excluding hydrogens is 270 g/mol. The molecule has 0 aliphatic carbocycles. The third-order valence-electron chi connectivity index (χ3n) is 3.14. The Kier molecular flexibility index (Phi) is 3.89. The number of hydrogen-bond acceptors (Lipinski definition) is 4. The van der Waals surface area contributed by atoms with Gasteiger partial charge < -0.3 is 11.1 Å². The Hall–Kier alpha value is -2.89. The Morgan fingerprint density at radius 3 is 2.52 bits per heavy atom. The summed E-state index contributed by atoms with van der Waals surface area (Å²) < 4.78 is 0. The summed E-state index contributed by atoms with van der Waals surface area (Å²) in [5.41, 5.74) is 8.22. The highest BCUT2D eigenvalue weighted by molar-refractivity contribution is 6.05. The highest BCUT2D eigenvalue weighted by Gasteiger charge is 2.15. The minimum absolute atomic E-state index is 0.0246. The van der Waals surface area contributed by atoms with Crippen molar-refractivity contribution in [3.63, 3.8) is 0 Å². The van der Waals surface area contributed by atoms with Crippen molar-refractivity contribution in [2.24, 2.45) is 0 Å². The molecule has 2 aromatic rings. The van der Waals surface area contributed by atoms with Crippen LogP contribution in [0.4, 0.5) is 17.1 Å². The molecule has 0 bridgehead atoms. The number of nitro groups is 1. The molecule has 21 heavy (non-hydrogen) atoms. The SMILES string of the molecule is Cc1cc(C)c([N+](=O)[O-])cc1NC(=O)c1cccc(N)c1. The Balaban J connectivity index is 2.33. The Morgan fingerprint density at radius 1 is 1.19 bits per heavy atom. The lowest BCUT2D eigenvalue weighted by Gasteiger charge is -2.10. The van der Waals surface area contributed by atoms with Gasteiger partial charge in [0.1, 0.15) is 0 Å². The van der Waals surface area contributed by atoms with Crippen LogP contribution in [0.15, 0.2) is 36.4 Å². The third kappa shape index (κ3) is 3.17. The van der Waals surface area contributed by atoms with Gasteiger partial charge in [0, 0.05) is 22.9 Å². The van der Waals surface area contributed by atoms with Gasteiger partial charge in [0.05, 0.1) is 10.6 Å². The van der Waals surface area contributed by atoms with Crippen molar-refractivity contribution in [1.82, 2.24) is 0 Å². The standard InChI is InChI=1S/C15H15N3O3/c1-9-6-10(2)14(18(20)21)8-13(9)17-15(19)11-4-3-5-12(16)7-11/h3-8H,16H2,1-2H3,(H,17,19). The lowest BCUT2D eigenvalue weighted by molar-refractivity contribution is -0.385. The summed E-state index contributed by atoms with van der Waals surface area (Å²) in [5, 5.41) is 13.6. The predicted molar refractivity (Wildman–Crippen MR) is 81.4 cm³/mol. The molecule has 0 fully saturated rings. The lowest BCUT2D eigenvalue weighted by atomic mass is 10.1. The minimum Gasteiger partial charge on any atom is -0.399 e. The van der Waals surface area contributed by atoms with Crippen LogP contribution in [0.25, 0.3) is 0 Å². The van der Waals surface area contributed by atoms with Gasteiger partial charge in [0.25, 0.3) is 11.6 Å². The number of nitrogens with zero attached hydrogens (tertiary/aromatic N) is 1. The van der Waals surface area contributed by atoms with Gasteiger partial charge in [-0.1, -0.05) is 6.07 Å². The number of rotatable bonds is 3. The molecule has 1 amide bonds. The van der Waals surface area contributed by atoms with E-state index in [0.29, 0.717) is 22.5 Å². The van der Waals surface area contributed by atoms with Crippen LogP contribution in [-0.2, 0) is 0 Å². The maximum Gasteiger partial charge on any atom is 0.274 e. The van der Waals surface area contributed by atoms with Crippen LogP contribution < -0.4 is 11.1 Å². The minimum atomic E-state index is -0.467. The number of aryl methyl sites for hydroxylation is 2. The fourth-order valence-corrected chi connectivity index (χ4v) is 2.05. The van der Waals surface area contributed by atoms with E-state index in [4.69, 9.17) is 5.73 Å². The lowest BCUT2D eigenvalue weighted by Crippen LogP contribution is -2.13. The van der Waals surface area contributed by atoms with Gasteiger partial charge in [-0.3, -0.25) is 14.9 Å². The summed E-state index contributed by atoms with van der Waals surface area (Å²) in [5.74, 6) is -0.358. The smallest absolute Gasteiger partial charge is 0.274 e. The van der Waals surface area contributed by atoms with Crippen LogP contribution in [0.5, 0.6) is 0 Å². The monoisotopic (exact) mass is 285 g/mol. The molecule has 108 valence electrons. The van der Waals surface area contributed by atoms with Crippen molar-refractivity contribution in [1.29, 1.82) is 0 Å². The molecule has 2 aromatic carbocycles. The molecule has 0 spiro atoms. The van der Waals surface area contributed by atoms with Crippen LogP contribution in [-0.4, -0.2) is 10.8 Å². The van der Waals surface area contributed by atoms with E-state index in [1.54, 1.807) is 44.2 Å².